The van der Waals surface area contributed by atoms with E-state index in [4.69, 9.17) is 9.26 Å². The van der Waals surface area contributed by atoms with Crippen LogP contribution in [0.2, 0.25) is 0 Å². The molecule has 0 saturated carbocycles. The first-order valence-electron chi connectivity index (χ1n) is 5.13. The lowest BCUT2D eigenvalue weighted by molar-refractivity contribution is 0.405. The second kappa shape index (κ2) is 4.37. The maximum absolute atomic E-state index is 9.84. The van der Waals surface area contributed by atoms with E-state index in [1.807, 2.05) is 19.0 Å². The Labute approximate surface area is 99.2 Å². The van der Waals surface area contributed by atoms with Crippen LogP contribution in [0.25, 0.3) is 11.3 Å². The van der Waals surface area contributed by atoms with Gasteiger partial charge in [-0.1, -0.05) is 5.16 Å². The summed E-state index contributed by atoms with van der Waals surface area (Å²) in [6.45, 7) is 0. The van der Waals surface area contributed by atoms with Crippen molar-refractivity contribution in [1.29, 1.82) is 0 Å². The van der Waals surface area contributed by atoms with E-state index in [0.29, 0.717) is 22.9 Å². The highest BCUT2D eigenvalue weighted by molar-refractivity contribution is 5.68. The molecule has 1 N–H and O–H groups in total. The molecule has 2 rings (SSSR count). The second-order valence-electron chi connectivity index (χ2n) is 3.83. The summed E-state index contributed by atoms with van der Waals surface area (Å²) in [4.78, 5) is 1.83. The first-order valence-corrected chi connectivity index (χ1v) is 5.13. The van der Waals surface area contributed by atoms with E-state index in [-0.39, 0.29) is 5.75 Å². The largest absolute Gasteiger partial charge is 0.507 e. The first kappa shape index (κ1) is 11.3. The molecule has 1 aromatic carbocycles. The first-order chi connectivity index (χ1) is 8.11. The Hall–Kier alpha value is -2.17. The summed E-state index contributed by atoms with van der Waals surface area (Å²) in [5, 5.41) is 13.7. The lowest BCUT2D eigenvalue weighted by atomic mass is 10.1. The van der Waals surface area contributed by atoms with E-state index < -0.39 is 0 Å². The molecular formula is C12H14N2O3. The number of anilines is 1. The number of ether oxygens (including phenoxy) is 1. The van der Waals surface area contributed by atoms with Gasteiger partial charge in [-0.3, -0.25) is 0 Å². The van der Waals surface area contributed by atoms with E-state index in [2.05, 4.69) is 5.16 Å². The molecule has 1 heterocycles. The van der Waals surface area contributed by atoms with Gasteiger partial charge in [-0.2, -0.15) is 0 Å². The fraction of sp³-hybridized carbons (Fsp3) is 0.250. The van der Waals surface area contributed by atoms with Gasteiger partial charge in [0.2, 0.25) is 0 Å². The third-order valence-electron chi connectivity index (χ3n) is 2.43. The average molecular weight is 234 g/mol. The number of phenols is 1. The topological polar surface area (TPSA) is 58.7 Å². The van der Waals surface area contributed by atoms with Gasteiger partial charge < -0.3 is 19.3 Å². The molecular weight excluding hydrogens is 220 g/mol. The number of methoxy groups -OCH3 is 1. The zero-order valence-electron chi connectivity index (χ0n) is 9.97. The van der Waals surface area contributed by atoms with Crippen molar-refractivity contribution in [2.24, 2.45) is 0 Å². The Morgan fingerprint density at radius 2 is 2.06 bits per heavy atom. The van der Waals surface area contributed by atoms with Crippen LogP contribution >= 0.6 is 0 Å². The van der Waals surface area contributed by atoms with Crippen molar-refractivity contribution in [2.75, 3.05) is 26.1 Å². The van der Waals surface area contributed by atoms with Crippen molar-refractivity contribution < 1.29 is 14.4 Å². The molecule has 5 heteroatoms. The standard InChI is InChI=1S/C12H14N2O3/c1-14(2)12-7-11(17-13-12)9-5-4-8(16-3)6-10(9)15/h4-7,15H,1-3H3. The summed E-state index contributed by atoms with van der Waals surface area (Å²) < 4.78 is 10.2. The van der Waals surface area contributed by atoms with Crippen molar-refractivity contribution in [3.05, 3.63) is 24.3 Å². The Morgan fingerprint density at radius 1 is 1.29 bits per heavy atom. The SMILES string of the molecule is COc1ccc(-c2cc(N(C)C)no2)c(O)c1. The quantitative estimate of drug-likeness (QED) is 0.881. The van der Waals surface area contributed by atoms with Gasteiger partial charge in [-0.15, -0.1) is 0 Å². The number of hydrogen-bond acceptors (Lipinski definition) is 5. The van der Waals surface area contributed by atoms with Gasteiger partial charge in [-0.25, -0.2) is 0 Å². The third kappa shape index (κ3) is 2.18. The van der Waals surface area contributed by atoms with Crippen molar-refractivity contribution in [3.63, 3.8) is 0 Å². The van der Waals surface area contributed by atoms with E-state index in [9.17, 15) is 5.11 Å². The van der Waals surface area contributed by atoms with E-state index in [1.165, 1.54) is 6.07 Å². The van der Waals surface area contributed by atoms with Crippen LogP contribution in [-0.4, -0.2) is 31.5 Å². The van der Waals surface area contributed by atoms with Gasteiger partial charge in [0.15, 0.2) is 11.6 Å². The van der Waals surface area contributed by atoms with Gasteiger partial charge in [0, 0.05) is 26.2 Å². The number of benzene rings is 1. The van der Waals surface area contributed by atoms with Crippen molar-refractivity contribution in [3.8, 4) is 22.8 Å². The molecule has 0 aliphatic rings. The Balaban J connectivity index is 2.38. The molecule has 0 aliphatic heterocycles. The molecule has 90 valence electrons. The molecule has 5 nitrogen and oxygen atoms in total. The molecule has 17 heavy (non-hydrogen) atoms. The molecule has 0 aliphatic carbocycles. The van der Waals surface area contributed by atoms with Gasteiger partial charge in [0.05, 0.1) is 12.7 Å². The number of aromatic hydroxyl groups is 1. The molecule has 0 bridgehead atoms. The zero-order chi connectivity index (χ0) is 12.4. The fourth-order valence-corrected chi connectivity index (χ4v) is 1.45. The highest BCUT2D eigenvalue weighted by Crippen LogP contribution is 2.33. The minimum Gasteiger partial charge on any atom is -0.507 e. The van der Waals surface area contributed by atoms with Crippen LogP contribution in [0.5, 0.6) is 11.5 Å². The molecule has 0 atom stereocenters. The molecule has 2 aromatic rings. The number of hydrogen-bond donors (Lipinski definition) is 1. The molecule has 0 saturated heterocycles. The Morgan fingerprint density at radius 3 is 2.59 bits per heavy atom. The number of phenolic OH excluding ortho intramolecular Hbond substituents is 1. The van der Waals surface area contributed by atoms with Crippen LogP contribution in [0.1, 0.15) is 0 Å². The highest BCUT2D eigenvalue weighted by atomic mass is 16.5. The minimum absolute atomic E-state index is 0.103. The predicted octanol–water partition coefficient (Wildman–Crippen LogP) is 2.12. The van der Waals surface area contributed by atoms with Gasteiger partial charge in [0.25, 0.3) is 0 Å². The number of aromatic nitrogens is 1. The predicted molar refractivity (Wildman–Crippen MR) is 64.5 cm³/mol. The monoisotopic (exact) mass is 234 g/mol. The van der Waals surface area contributed by atoms with Crippen molar-refractivity contribution in [1.82, 2.24) is 5.16 Å². The summed E-state index contributed by atoms with van der Waals surface area (Å²) in [5.41, 5.74) is 0.589. The van der Waals surface area contributed by atoms with Gasteiger partial charge >= 0.3 is 0 Å². The lowest BCUT2D eigenvalue weighted by Crippen LogP contribution is -2.08. The molecule has 0 fully saturated rings. The summed E-state index contributed by atoms with van der Waals surface area (Å²) in [6, 6.07) is 6.79. The van der Waals surface area contributed by atoms with Crippen molar-refractivity contribution >= 4 is 5.82 Å². The third-order valence-corrected chi connectivity index (χ3v) is 2.43. The molecule has 1 aromatic heterocycles. The number of rotatable bonds is 3. The molecule has 0 amide bonds. The van der Waals surface area contributed by atoms with Crippen LogP contribution in [-0.2, 0) is 0 Å². The van der Waals surface area contributed by atoms with Crippen LogP contribution in [0, 0.1) is 0 Å². The van der Waals surface area contributed by atoms with Crippen LogP contribution in [0.4, 0.5) is 5.82 Å². The summed E-state index contributed by atoms with van der Waals surface area (Å²) in [5.74, 6) is 1.92. The van der Waals surface area contributed by atoms with Crippen LogP contribution < -0.4 is 9.64 Å². The summed E-state index contributed by atoms with van der Waals surface area (Å²) in [6.07, 6.45) is 0. The Kier molecular flexibility index (Phi) is 2.91. The maximum atomic E-state index is 9.84. The smallest absolute Gasteiger partial charge is 0.172 e. The highest BCUT2D eigenvalue weighted by Gasteiger charge is 2.12. The van der Waals surface area contributed by atoms with Crippen molar-refractivity contribution in [2.45, 2.75) is 0 Å². The van der Waals surface area contributed by atoms with E-state index >= 15 is 0 Å². The molecule has 0 unspecified atom stereocenters. The van der Waals surface area contributed by atoms with Crippen LogP contribution in [0.3, 0.4) is 0 Å². The van der Waals surface area contributed by atoms with Gasteiger partial charge in [0.1, 0.15) is 11.5 Å². The maximum Gasteiger partial charge on any atom is 0.172 e. The zero-order valence-corrected chi connectivity index (χ0v) is 9.97. The molecule has 0 spiro atoms. The minimum atomic E-state index is 0.103. The fourth-order valence-electron chi connectivity index (χ4n) is 1.45. The summed E-state index contributed by atoms with van der Waals surface area (Å²) in [7, 11) is 5.29. The second-order valence-corrected chi connectivity index (χ2v) is 3.83. The molecule has 0 radical (unpaired) electrons. The summed E-state index contributed by atoms with van der Waals surface area (Å²) >= 11 is 0. The normalized spacial score (nSPS) is 10.3. The van der Waals surface area contributed by atoms with Gasteiger partial charge in [-0.05, 0) is 12.1 Å². The lowest BCUT2D eigenvalue weighted by Gasteiger charge is -2.04. The van der Waals surface area contributed by atoms with E-state index in [1.54, 1.807) is 25.3 Å². The number of nitrogens with zero attached hydrogens (tertiary/aromatic N) is 2. The van der Waals surface area contributed by atoms with Crippen LogP contribution in [0.15, 0.2) is 28.8 Å². The van der Waals surface area contributed by atoms with E-state index in [0.717, 1.165) is 0 Å². The average Bonchev–Trinajstić information content (AvgIpc) is 2.78. The Bertz CT molecular complexity index is 520.